The maximum Gasteiger partial charge on any atom is 0.326 e. The van der Waals surface area contributed by atoms with E-state index in [1.807, 2.05) is 63.2 Å². The SMILES string of the molecule is Cc1ccc(N(CCOc2ccc(C[C@H](Nc3ccccc3C(=O)c3ccccc3)C(=O)O)cc2)C(=O)CC(C)C)cc1. The zero-order chi connectivity index (χ0) is 30.8. The molecule has 0 aromatic heterocycles. The zero-order valence-electron chi connectivity index (χ0n) is 24.8. The topological polar surface area (TPSA) is 95.9 Å². The maximum absolute atomic E-state index is 13.1. The molecule has 1 atom stereocenters. The van der Waals surface area contributed by atoms with Gasteiger partial charge < -0.3 is 20.1 Å². The van der Waals surface area contributed by atoms with Gasteiger partial charge >= 0.3 is 5.97 Å². The fourth-order valence-electron chi connectivity index (χ4n) is 4.73. The second-order valence-electron chi connectivity index (χ2n) is 11.0. The molecule has 222 valence electrons. The fourth-order valence-corrected chi connectivity index (χ4v) is 4.73. The molecule has 0 saturated heterocycles. The van der Waals surface area contributed by atoms with Gasteiger partial charge in [-0.1, -0.05) is 86.1 Å². The molecule has 0 fully saturated rings. The lowest BCUT2D eigenvalue weighted by Gasteiger charge is -2.24. The van der Waals surface area contributed by atoms with Gasteiger partial charge in [-0.3, -0.25) is 9.59 Å². The standard InChI is InChI=1S/C36H38N2O5/c1-25(2)23-34(39)38(29-17-13-26(3)14-18-29)21-22-43-30-19-15-27(16-20-30)24-33(36(41)42)37-32-12-8-7-11-31(32)35(40)28-9-5-4-6-10-28/h4-20,25,33,37H,21-24H2,1-3H3,(H,41,42)/t33-/m0/s1. The zero-order valence-corrected chi connectivity index (χ0v) is 24.8. The third kappa shape index (κ3) is 8.79. The van der Waals surface area contributed by atoms with Crippen molar-refractivity contribution in [1.29, 1.82) is 0 Å². The molecule has 0 aliphatic rings. The number of ketones is 1. The monoisotopic (exact) mass is 578 g/mol. The number of carbonyl (C=O) groups is 3. The number of amides is 1. The summed E-state index contributed by atoms with van der Waals surface area (Å²) in [7, 11) is 0. The molecule has 4 aromatic rings. The largest absolute Gasteiger partial charge is 0.492 e. The molecular formula is C36H38N2O5. The molecule has 1 amide bonds. The Bertz CT molecular complexity index is 1520. The van der Waals surface area contributed by atoms with Crippen molar-refractivity contribution in [3.05, 3.63) is 125 Å². The van der Waals surface area contributed by atoms with Crippen LogP contribution in [-0.4, -0.2) is 42.0 Å². The Balaban J connectivity index is 1.39. The Morgan fingerprint density at radius 2 is 1.49 bits per heavy atom. The van der Waals surface area contributed by atoms with Crippen molar-refractivity contribution in [3.8, 4) is 5.75 Å². The second-order valence-corrected chi connectivity index (χ2v) is 11.0. The van der Waals surface area contributed by atoms with Crippen molar-refractivity contribution in [1.82, 2.24) is 0 Å². The molecule has 0 unspecified atom stereocenters. The van der Waals surface area contributed by atoms with Gasteiger partial charge in [-0.2, -0.15) is 0 Å². The van der Waals surface area contributed by atoms with Crippen LogP contribution in [0.5, 0.6) is 5.75 Å². The molecular weight excluding hydrogens is 540 g/mol. The number of anilines is 2. The van der Waals surface area contributed by atoms with Gasteiger partial charge in [-0.05, 0) is 54.8 Å². The van der Waals surface area contributed by atoms with Crippen LogP contribution in [0.25, 0.3) is 0 Å². The van der Waals surface area contributed by atoms with Crippen molar-refractivity contribution in [3.63, 3.8) is 0 Å². The molecule has 0 spiro atoms. The summed E-state index contributed by atoms with van der Waals surface area (Å²) in [6.45, 7) is 6.77. The molecule has 7 heteroatoms. The number of nitrogens with one attached hydrogen (secondary N) is 1. The van der Waals surface area contributed by atoms with Crippen LogP contribution in [-0.2, 0) is 16.0 Å². The number of aryl methyl sites for hydroxylation is 1. The van der Waals surface area contributed by atoms with Crippen LogP contribution in [0, 0.1) is 12.8 Å². The number of carbonyl (C=O) groups excluding carboxylic acids is 2. The summed E-state index contributed by atoms with van der Waals surface area (Å²) in [5, 5.41) is 13.0. The molecule has 0 radical (unpaired) electrons. The first-order valence-electron chi connectivity index (χ1n) is 14.5. The highest BCUT2D eigenvalue weighted by Gasteiger charge is 2.22. The minimum absolute atomic E-state index is 0.0528. The average molecular weight is 579 g/mol. The number of hydrogen-bond donors (Lipinski definition) is 2. The van der Waals surface area contributed by atoms with Gasteiger partial charge in [0.25, 0.3) is 0 Å². The van der Waals surface area contributed by atoms with Crippen LogP contribution in [0.3, 0.4) is 0 Å². The van der Waals surface area contributed by atoms with E-state index < -0.39 is 12.0 Å². The van der Waals surface area contributed by atoms with Crippen molar-refractivity contribution in [2.75, 3.05) is 23.4 Å². The van der Waals surface area contributed by atoms with E-state index in [4.69, 9.17) is 4.74 Å². The van der Waals surface area contributed by atoms with Crippen LogP contribution in [0.15, 0.2) is 103 Å². The summed E-state index contributed by atoms with van der Waals surface area (Å²) in [5.41, 5.74) is 4.18. The number of benzene rings is 4. The number of para-hydroxylation sites is 1. The van der Waals surface area contributed by atoms with Crippen LogP contribution in [0.1, 0.15) is 47.3 Å². The molecule has 0 heterocycles. The summed E-state index contributed by atoms with van der Waals surface area (Å²) < 4.78 is 5.96. The van der Waals surface area contributed by atoms with E-state index in [1.54, 1.807) is 65.6 Å². The lowest BCUT2D eigenvalue weighted by Crippen LogP contribution is -2.35. The number of carboxylic acid groups (broad SMARTS) is 1. The molecule has 0 aliphatic heterocycles. The van der Waals surface area contributed by atoms with Crippen LogP contribution in [0.4, 0.5) is 11.4 Å². The summed E-state index contributed by atoms with van der Waals surface area (Å²) in [4.78, 5) is 40.0. The molecule has 4 rings (SSSR count). The summed E-state index contributed by atoms with van der Waals surface area (Å²) >= 11 is 0. The van der Waals surface area contributed by atoms with Crippen LogP contribution in [0.2, 0.25) is 0 Å². The number of aliphatic carboxylic acids is 1. The molecule has 2 N–H and O–H groups in total. The number of carboxylic acids is 1. The van der Waals surface area contributed by atoms with E-state index in [9.17, 15) is 19.5 Å². The second kappa shape index (κ2) is 14.8. The lowest BCUT2D eigenvalue weighted by molar-refractivity contribution is -0.137. The minimum atomic E-state index is -1.02. The summed E-state index contributed by atoms with van der Waals surface area (Å²) in [5.74, 6) is -0.277. The molecule has 43 heavy (non-hydrogen) atoms. The molecule has 4 aromatic carbocycles. The quantitative estimate of drug-likeness (QED) is 0.160. The summed E-state index contributed by atoms with van der Waals surface area (Å²) in [6, 6.07) is 30.0. The van der Waals surface area contributed by atoms with Gasteiger partial charge in [-0.25, -0.2) is 4.79 Å². The minimum Gasteiger partial charge on any atom is -0.492 e. The van der Waals surface area contributed by atoms with Gasteiger partial charge in [-0.15, -0.1) is 0 Å². The third-order valence-corrected chi connectivity index (χ3v) is 7.01. The Morgan fingerprint density at radius 3 is 2.14 bits per heavy atom. The third-order valence-electron chi connectivity index (χ3n) is 7.01. The highest BCUT2D eigenvalue weighted by atomic mass is 16.5. The van der Waals surface area contributed by atoms with Crippen molar-refractivity contribution in [2.45, 2.75) is 39.7 Å². The smallest absolute Gasteiger partial charge is 0.326 e. The fraction of sp³-hybridized carbons (Fsp3) is 0.250. The van der Waals surface area contributed by atoms with E-state index in [2.05, 4.69) is 5.32 Å². The number of hydrogen-bond acceptors (Lipinski definition) is 5. The number of rotatable bonds is 14. The highest BCUT2D eigenvalue weighted by Crippen LogP contribution is 2.23. The highest BCUT2D eigenvalue weighted by molar-refractivity contribution is 6.12. The van der Waals surface area contributed by atoms with Crippen molar-refractivity contribution < 1.29 is 24.2 Å². The van der Waals surface area contributed by atoms with Gasteiger partial charge in [0.05, 0.1) is 6.54 Å². The van der Waals surface area contributed by atoms with Crippen molar-refractivity contribution >= 4 is 29.0 Å². The average Bonchev–Trinajstić information content (AvgIpc) is 3.00. The number of ether oxygens (including phenoxy) is 1. The Morgan fingerprint density at radius 1 is 0.837 bits per heavy atom. The molecule has 0 saturated carbocycles. The maximum atomic E-state index is 13.1. The predicted molar refractivity (Wildman–Crippen MR) is 170 cm³/mol. The summed E-state index contributed by atoms with van der Waals surface area (Å²) in [6.07, 6.45) is 0.653. The van der Waals surface area contributed by atoms with Gasteiger partial charge in [0.2, 0.25) is 5.91 Å². The first-order chi connectivity index (χ1) is 20.7. The lowest BCUT2D eigenvalue weighted by atomic mass is 10.00. The van der Waals surface area contributed by atoms with E-state index in [0.29, 0.717) is 42.1 Å². The number of nitrogens with zero attached hydrogens (tertiary/aromatic N) is 1. The van der Waals surface area contributed by atoms with Crippen molar-refractivity contribution in [2.24, 2.45) is 5.92 Å². The van der Waals surface area contributed by atoms with E-state index in [1.165, 1.54) is 0 Å². The molecule has 7 nitrogen and oxygen atoms in total. The van der Waals surface area contributed by atoms with Crippen LogP contribution < -0.4 is 15.0 Å². The van der Waals surface area contributed by atoms with Crippen LogP contribution >= 0.6 is 0 Å². The predicted octanol–water partition coefficient (Wildman–Crippen LogP) is 6.79. The van der Waals surface area contributed by atoms with Gasteiger partial charge in [0.1, 0.15) is 18.4 Å². The Hall–Kier alpha value is -4.91. The first kappa shape index (κ1) is 31.0. The molecule has 0 bridgehead atoms. The Kier molecular flexibility index (Phi) is 10.7. The van der Waals surface area contributed by atoms with E-state index in [-0.39, 0.29) is 24.0 Å². The van der Waals surface area contributed by atoms with Gasteiger partial charge in [0, 0.05) is 35.3 Å². The van der Waals surface area contributed by atoms with Gasteiger partial charge in [0.15, 0.2) is 5.78 Å². The first-order valence-corrected chi connectivity index (χ1v) is 14.5. The molecule has 0 aliphatic carbocycles. The Labute approximate surface area is 253 Å². The van der Waals surface area contributed by atoms with E-state index >= 15 is 0 Å². The normalized spacial score (nSPS) is 11.5. The van der Waals surface area contributed by atoms with E-state index in [0.717, 1.165) is 16.8 Å².